The Morgan fingerprint density at radius 2 is 1.73 bits per heavy atom. The van der Waals surface area contributed by atoms with Gasteiger partial charge in [-0.05, 0) is 36.0 Å². The second-order valence-corrected chi connectivity index (χ2v) is 6.66. The van der Waals surface area contributed by atoms with Gasteiger partial charge in [-0.15, -0.1) is 0 Å². The first-order valence-corrected chi connectivity index (χ1v) is 6.15. The van der Waals surface area contributed by atoms with E-state index in [1.807, 2.05) is 0 Å². The topological polar surface area (TPSA) is 0 Å². The molecular formula is C15H24. The standard InChI is InChI=1S/C15H24/c1-10-7-8-12-13(9-10)15(5,6)11(2)14(12,3)4/h7-8,11,13H,9H2,1-6H3. The van der Waals surface area contributed by atoms with Crippen molar-refractivity contribution in [1.29, 1.82) is 0 Å². The molecule has 0 heteroatoms. The largest absolute Gasteiger partial charge is 0.0727 e. The molecule has 0 spiro atoms. The molecule has 2 rings (SSSR count). The molecule has 0 nitrogen and oxygen atoms in total. The maximum absolute atomic E-state index is 2.45. The molecule has 2 aliphatic rings. The van der Waals surface area contributed by atoms with Gasteiger partial charge in [0.1, 0.15) is 0 Å². The van der Waals surface area contributed by atoms with E-state index in [1.165, 1.54) is 6.42 Å². The number of hydrogen-bond acceptors (Lipinski definition) is 0. The fourth-order valence-electron chi connectivity index (χ4n) is 3.66. The average Bonchev–Trinajstić information content (AvgIpc) is 2.26. The third kappa shape index (κ3) is 1.33. The maximum atomic E-state index is 2.45. The Balaban J connectivity index is 2.50. The highest BCUT2D eigenvalue weighted by molar-refractivity contribution is 5.36. The number of fused-ring (bicyclic) bond motifs is 1. The molecule has 0 saturated heterocycles. The highest BCUT2D eigenvalue weighted by atomic mass is 14.6. The molecule has 0 heterocycles. The second-order valence-electron chi connectivity index (χ2n) is 6.66. The van der Waals surface area contributed by atoms with Crippen molar-refractivity contribution in [2.75, 3.05) is 0 Å². The van der Waals surface area contributed by atoms with Gasteiger partial charge in [-0.1, -0.05) is 57.9 Å². The van der Waals surface area contributed by atoms with Crippen LogP contribution in [0.5, 0.6) is 0 Å². The minimum Gasteiger partial charge on any atom is -0.0727 e. The molecule has 0 aromatic rings. The molecule has 2 atom stereocenters. The average molecular weight is 204 g/mol. The smallest absolute Gasteiger partial charge is 0.0103 e. The lowest BCUT2D eigenvalue weighted by Gasteiger charge is -2.33. The van der Waals surface area contributed by atoms with Gasteiger partial charge < -0.3 is 0 Å². The van der Waals surface area contributed by atoms with E-state index in [1.54, 1.807) is 11.1 Å². The van der Waals surface area contributed by atoms with Crippen LogP contribution in [0, 0.1) is 22.7 Å². The van der Waals surface area contributed by atoms with Crippen molar-refractivity contribution in [3.05, 3.63) is 23.3 Å². The number of allylic oxidation sites excluding steroid dienone is 4. The van der Waals surface area contributed by atoms with Crippen LogP contribution in [-0.4, -0.2) is 0 Å². The first kappa shape index (κ1) is 11.0. The van der Waals surface area contributed by atoms with Crippen molar-refractivity contribution in [1.82, 2.24) is 0 Å². The first-order valence-electron chi connectivity index (χ1n) is 6.15. The Morgan fingerprint density at radius 3 is 2.33 bits per heavy atom. The van der Waals surface area contributed by atoms with Crippen molar-refractivity contribution in [2.45, 2.75) is 48.0 Å². The molecule has 2 aliphatic carbocycles. The summed E-state index contributed by atoms with van der Waals surface area (Å²) in [6, 6.07) is 0. The highest BCUT2D eigenvalue weighted by Gasteiger charge is 2.54. The molecule has 0 aromatic heterocycles. The van der Waals surface area contributed by atoms with E-state index in [2.05, 4.69) is 53.7 Å². The predicted octanol–water partition coefficient (Wildman–Crippen LogP) is 4.58. The van der Waals surface area contributed by atoms with Gasteiger partial charge in [0.05, 0.1) is 0 Å². The van der Waals surface area contributed by atoms with Gasteiger partial charge >= 0.3 is 0 Å². The summed E-state index contributed by atoms with van der Waals surface area (Å²) in [5.41, 5.74) is 4.06. The summed E-state index contributed by atoms with van der Waals surface area (Å²) in [6.07, 6.45) is 5.99. The summed E-state index contributed by atoms with van der Waals surface area (Å²) in [6.45, 7) is 14.4. The Kier molecular flexibility index (Phi) is 2.19. The summed E-state index contributed by atoms with van der Waals surface area (Å²) >= 11 is 0. The third-order valence-corrected chi connectivity index (χ3v) is 5.29. The van der Waals surface area contributed by atoms with Gasteiger partial charge in [-0.3, -0.25) is 0 Å². The number of rotatable bonds is 0. The van der Waals surface area contributed by atoms with E-state index < -0.39 is 0 Å². The van der Waals surface area contributed by atoms with Crippen LogP contribution in [0.15, 0.2) is 23.3 Å². The molecule has 15 heavy (non-hydrogen) atoms. The second kappa shape index (κ2) is 2.99. The lowest BCUT2D eigenvalue weighted by Crippen LogP contribution is -2.27. The molecule has 1 saturated carbocycles. The van der Waals surface area contributed by atoms with Crippen LogP contribution in [0.4, 0.5) is 0 Å². The summed E-state index contributed by atoms with van der Waals surface area (Å²) in [4.78, 5) is 0. The summed E-state index contributed by atoms with van der Waals surface area (Å²) in [5.74, 6) is 1.54. The fraction of sp³-hybridized carbons (Fsp3) is 0.733. The lowest BCUT2D eigenvalue weighted by molar-refractivity contribution is 0.154. The SMILES string of the molecule is CC1=CC=C2C(C1)C(C)(C)C(C)C2(C)C. The Bertz CT molecular complexity index is 339. The van der Waals surface area contributed by atoms with Crippen molar-refractivity contribution >= 4 is 0 Å². The van der Waals surface area contributed by atoms with Crippen molar-refractivity contribution in [3.63, 3.8) is 0 Å². The third-order valence-electron chi connectivity index (χ3n) is 5.29. The minimum absolute atomic E-state index is 0.380. The van der Waals surface area contributed by atoms with Crippen LogP contribution < -0.4 is 0 Å². The Hall–Kier alpha value is -0.520. The van der Waals surface area contributed by atoms with E-state index in [0.717, 1.165) is 11.8 Å². The first-order chi connectivity index (χ1) is 6.78. The minimum atomic E-state index is 0.380. The van der Waals surface area contributed by atoms with E-state index in [4.69, 9.17) is 0 Å². The van der Waals surface area contributed by atoms with Crippen LogP contribution in [0.3, 0.4) is 0 Å². The zero-order valence-corrected chi connectivity index (χ0v) is 11.0. The lowest BCUT2D eigenvalue weighted by atomic mass is 9.71. The summed E-state index contributed by atoms with van der Waals surface area (Å²) in [7, 11) is 0. The maximum Gasteiger partial charge on any atom is -0.0103 e. The molecule has 0 radical (unpaired) electrons. The molecule has 0 N–H and O–H groups in total. The molecular weight excluding hydrogens is 180 g/mol. The monoisotopic (exact) mass is 204 g/mol. The number of hydrogen-bond donors (Lipinski definition) is 0. The Morgan fingerprint density at radius 1 is 1.13 bits per heavy atom. The summed E-state index contributed by atoms with van der Waals surface area (Å²) in [5, 5.41) is 0. The Labute approximate surface area is 94.5 Å². The van der Waals surface area contributed by atoms with E-state index in [9.17, 15) is 0 Å². The van der Waals surface area contributed by atoms with Gasteiger partial charge in [0.25, 0.3) is 0 Å². The molecule has 84 valence electrons. The summed E-state index contributed by atoms with van der Waals surface area (Å²) < 4.78 is 0. The molecule has 0 bridgehead atoms. The van der Waals surface area contributed by atoms with Crippen LogP contribution in [0.1, 0.15) is 48.0 Å². The van der Waals surface area contributed by atoms with Crippen molar-refractivity contribution < 1.29 is 0 Å². The zero-order chi connectivity index (χ0) is 11.4. The van der Waals surface area contributed by atoms with Gasteiger partial charge in [0.2, 0.25) is 0 Å². The fourth-order valence-corrected chi connectivity index (χ4v) is 3.66. The highest BCUT2D eigenvalue weighted by Crippen LogP contribution is 2.62. The van der Waals surface area contributed by atoms with E-state index in [-0.39, 0.29) is 0 Å². The van der Waals surface area contributed by atoms with Gasteiger partial charge in [0, 0.05) is 0 Å². The molecule has 0 aliphatic heterocycles. The van der Waals surface area contributed by atoms with Crippen molar-refractivity contribution in [2.24, 2.45) is 22.7 Å². The quantitative estimate of drug-likeness (QED) is 0.542. The van der Waals surface area contributed by atoms with Gasteiger partial charge in [0.15, 0.2) is 0 Å². The molecule has 2 unspecified atom stereocenters. The van der Waals surface area contributed by atoms with Crippen LogP contribution >= 0.6 is 0 Å². The zero-order valence-electron chi connectivity index (χ0n) is 11.0. The predicted molar refractivity (Wildman–Crippen MR) is 66.7 cm³/mol. The van der Waals surface area contributed by atoms with Crippen molar-refractivity contribution in [3.8, 4) is 0 Å². The van der Waals surface area contributed by atoms with E-state index in [0.29, 0.717) is 10.8 Å². The van der Waals surface area contributed by atoms with Gasteiger partial charge in [-0.2, -0.15) is 0 Å². The molecule has 1 fully saturated rings. The van der Waals surface area contributed by atoms with Crippen LogP contribution in [0.2, 0.25) is 0 Å². The van der Waals surface area contributed by atoms with Gasteiger partial charge in [-0.25, -0.2) is 0 Å². The van der Waals surface area contributed by atoms with Crippen LogP contribution in [0.25, 0.3) is 0 Å². The van der Waals surface area contributed by atoms with Crippen LogP contribution in [-0.2, 0) is 0 Å². The molecule has 0 amide bonds. The molecule has 0 aromatic carbocycles. The normalized spacial score (nSPS) is 36.9. The van der Waals surface area contributed by atoms with E-state index >= 15 is 0 Å².